The highest BCUT2D eigenvalue weighted by atomic mass is 35.5. The fourth-order valence-electron chi connectivity index (χ4n) is 4.68. The number of benzene rings is 1. The number of nitrogens with zero attached hydrogens (tertiary/aromatic N) is 3. The van der Waals surface area contributed by atoms with Crippen molar-refractivity contribution in [1.82, 2.24) is 15.3 Å². The molecule has 7 nitrogen and oxygen atoms in total. The Kier molecular flexibility index (Phi) is 7.04. The Morgan fingerprint density at radius 1 is 1.06 bits per heavy atom. The summed E-state index contributed by atoms with van der Waals surface area (Å²) in [4.78, 5) is 24.2. The lowest BCUT2D eigenvalue weighted by molar-refractivity contribution is 0.243. The molecule has 2 aliphatic carbocycles. The van der Waals surface area contributed by atoms with Gasteiger partial charge >= 0.3 is 6.03 Å². The van der Waals surface area contributed by atoms with Crippen LogP contribution >= 0.6 is 11.6 Å². The van der Waals surface area contributed by atoms with Crippen LogP contribution in [0.4, 0.5) is 22.2 Å². The molecule has 0 bridgehead atoms. The summed E-state index contributed by atoms with van der Waals surface area (Å²) in [7, 11) is 4.10. The van der Waals surface area contributed by atoms with Gasteiger partial charge in [0.2, 0.25) is 5.95 Å². The molecule has 172 valence electrons. The summed E-state index contributed by atoms with van der Waals surface area (Å²) >= 11 is 5.99. The third-order valence-corrected chi connectivity index (χ3v) is 6.65. The average molecular weight is 457 g/mol. The number of hydrogen-bond acceptors (Lipinski definition) is 5. The molecular weight excluding hydrogens is 424 g/mol. The standard InChI is InChI=1S/C24H33ClN6O/c1-15-14-16(25)8-13-20(15)29-24(32)27-18-11-9-17(10-12-18)26-23-28-21-7-5-4-6-19(21)22(30-23)31(2)3/h8,13-14,17-18H,4-7,9-12H2,1-3H3,(H,26,28,30)(H2,27,29,32)/t17-,18+. The molecule has 0 radical (unpaired) electrons. The third kappa shape index (κ3) is 5.44. The SMILES string of the molecule is Cc1cc(Cl)ccc1NC(=O)N[C@H]1CC[C@@H](Nc2nc3c(c(N(C)C)n2)CCCC3)CC1. The van der Waals surface area contributed by atoms with Gasteiger partial charge in [0.25, 0.3) is 0 Å². The van der Waals surface area contributed by atoms with Gasteiger partial charge in [-0.25, -0.2) is 9.78 Å². The van der Waals surface area contributed by atoms with Crippen LogP contribution in [0, 0.1) is 6.92 Å². The van der Waals surface area contributed by atoms with E-state index in [1.54, 1.807) is 6.07 Å². The summed E-state index contributed by atoms with van der Waals surface area (Å²) in [6.45, 7) is 1.93. The largest absolute Gasteiger partial charge is 0.362 e. The number of fused-ring (bicyclic) bond motifs is 1. The Morgan fingerprint density at radius 3 is 2.50 bits per heavy atom. The Morgan fingerprint density at radius 2 is 1.78 bits per heavy atom. The van der Waals surface area contributed by atoms with Gasteiger partial charge in [-0.15, -0.1) is 0 Å². The molecular formula is C24H33ClN6O. The molecule has 0 spiro atoms. The summed E-state index contributed by atoms with van der Waals surface area (Å²) in [6, 6.07) is 5.79. The lowest BCUT2D eigenvalue weighted by Gasteiger charge is -2.30. The van der Waals surface area contributed by atoms with Gasteiger partial charge in [0.15, 0.2) is 0 Å². The second kappa shape index (κ2) is 9.94. The van der Waals surface area contributed by atoms with Gasteiger partial charge in [0, 0.05) is 42.5 Å². The molecule has 0 aliphatic heterocycles. The number of anilines is 3. The summed E-state index contributed by atoms with van der Waals surface area (Å²) in [6.07, 6.45) is 8.32. The van der Waals surface area contributed by atoms with Crippen LogP contribution in [0.25, 0.3) is 0 Å². The Bertz CT molecular complexity index is 971. The Balaban J connectivity index is 1.30. The maximum Gasteiger partial charge on any atom is 0.319 e. The van der Waals surface area contributed by atoms with E-state index in [4.69, 9.17) is 21.6 Å². The van der Waals surface area contributed by atoms with Crippen LogP contribution < -0.4 is 20.9 Å². The minimum absolute atomic E-state index is 0.166. The van der Waals surface area contributed by atoms with Crippen LogP contribution in [-0.2, 0) is 12.8 Å². The smallest absolute Gasteiger partial charge is 0.319 e. The van der Waals surface area contributed by atoms with Gasteiger partial charge in [-0.1, -0.05) is 11.6 Å². The van der Waals surface area contributed by atoms with E-state index in [1.165, 1.54) is 24.1 Å². The minimum Gasteiger partial charge on any atom is -0.362 e. The number of nitrogens with one attached hydrogen (secondary N) is 3. The second-order valence-electron chi connectivity index (χ2n) is 9.15. The molecule has 2 amide bonds. The quantitative estimate of drug-likeness (QED) is 0.594. The number of carbonyl (C=O) groups excluding carboxylic acids is 1. The first-order valence-corrected chi connectivity index (χ1v) is 11.9. The minimum atomic E-state index is -0.166. The van der Waals surface area contributed by atoms with Gasteiger partial charge in [-0.2, -0.15) is 4.98 Å². The lowest BCUT2D eigenvalue weighted by atomic mass is 9.91. The van der Waals surface area contributed by atoms with Crippen LogP contribution in [0.2, 0.25) is 5.02 Å². The van der Waals surface area contributed by atoms with E-state index in [0.29, 0.717) is 11.1 Å². The molecule has 1 aromatic heterocycles. The van der Waals surface area contributed by atoms with Gasteiger partial charge in [-0.3, -0.25) is 0 Å². The first-order chi connectivity index (χ1) is 15.4. The van der Waals surface area contributed by atoms with E-state index in [0.717, 1.165) is 61.5 Å². The fraction of sp³-hybridized carbons (Fsp3) is 0.542. The highest BCUT2D eigenvalue weighted by molar-refractivity contribution is 6.30. The van der Waals surface area contributed by atoms with Crippen LogP contribution in [0.3, 0.4) is 0 Å². The monoisotopic (exact) mass is 456 g/mol. The van der Waals surface area contributed by atoms with Crippen LogP contribution in [-0.4, -0.2) is 42.2 Å². The van der Waals surface area contributed by atoms with Crippen molar-refractivity contribution < 1.29 is 4.79 Å². The second-order valence-corrected chi connectivity index (χ2v) is 9.58. The number of amides is 2. The molecule has 8 heteroatoms. The van der Waals surface area contributed by atoms with Crippen LogP contribution in [0.15, 0.2) is 18.2 Å². The molecule has 0 unspecified atom stereocenters. The molecule has 32 heavy (non-hydrogen) atoms. The number of hydrogen-bond donors (Lipinski definition) is 3. The van der Waals surface area contributed by atoms with Gasteiger partial charge in [0.1, 0.15) is 5.82 Å². The number of aromatic nitrogens is 2. The van der Waals surface area contributed by atoms with Gasteiger partial charge in [-0.05, 0) is 82.1 Å². The zero-order valence-corrected chi connectivity index (χ0v) is 19.9. The first kappa shape index (κ1) is 22.6. The zero-order chi connectivity index (χ0) is 22.7. The van der Waals surface area contributed by atoms with Crippen molar-refractivity contribution in [2.75, 3.05) is 29.6 Å². The maximum atomic E-state index is 12.4. The number of carbonyl (C=O) groups is 1. The number of aryl methyl sites for hydroxylation is 2. The summed E-state index contributed by atoms with van der Waals surface area (Å²) < 4.78 is 0. The van der Waals surface area contributed by atoms with Crippen molar-refractivity contribution in [3.63, 3.8) is 0 Å². The summed E-state index contributed by atoms with van der Waals surface area (Å²) in [5, 5.41) is 10.3. The molecule has 0 saturated heterocycles. The molecule has 2 aliphatic rings. The van der Waals surface area contributed by atoms with E-state index in [9.17, 15) is 4.79 Å². The zero-order valence-electron chi connectivity index (χ0n) is 19.2. The van der Waals surface area contributed by atoms with Crippen molar-refractivity contribution in [2.24, 2.45) is 0 Å². The van der Waals surface area contributed by atoms with Crippen molar-refractivity contribution in [3.8, 4) is 0 Å². The van der Waals surface area contributed by atoms with E-state index in [-0.39, 0.29) is 12.1 Å². The summed E-state index contributed by atoms with van der Waals surface area (Å²) in [5.41, 5.74) is 4.23. The van der Waals surface area contributed by atoms with Crippen molar-refractivity contribution in [2.45, 2.75) is 70.4 Å². The van der Waals surface area contributed by atoms with Crippen molar-refractivity contribution >= 4 is 35.1 Å². The van der Waals surface area contributed by atoms with Crippen molar-refractivity contribution in [1.29, 1.82) is 0 Å². The third-order valence-electron chi connectivity index (χ3n) is 6.42. The first-order valence-electron chi connectivity index (χ1n) is 11.6. The molecule has 1 fully saturated rings. The number of rotatable bonds is 5. The van der Waals surface area contributed by atoms with Gasteiger partial charge in [0.05, 0.1) is 5.69 Å². The van der Waals surface area contributed by atoms with E-state index in [1.807, 2.05) is 19.1 Å². The topological polar surface area (TPSA) is 82.2 Å². The predicted octanol–water partition coefficient (Wildman–Crippen LogP) is 4.93. The number of urea groups is 1. The number of halogens is 1. The van der Waals surface area contributed by atoms with E-state index < -0.39 is 0 Å². The Labute approximate surface area is 195 Å². The van der Waals surface area contributed by atoms with Crippen molar-refractivity contribution in [3.05, 3.63) is 40.0 Å². The highest BCUT2D eigenvalue weighted by Crippen LogP contribution is 2.29. The predicted molar refractivity (Wildman–Crippen MR) is 131 cm³/mol. The highest BCUT2D eigenvalue weighted by Gasteiger charge is 2.25. The molecule has 1 saturated carbocycles. The van der Waals surface area contributed by atoms with Crippen LogP contribution in [0.1, 0.15) is 55.3 Å². The van der Waals surface area contributed by atoms with Gasteiger partial charge < -0.3 is 20.9 Å². The molecule has 0 atom stereocenters. The molecule has 2 aromatic rings. The van der Waals surface area contributed by atoms with E-state index >= 15 is 0 Å². The van der Waals surface area contributed by atoms with E-state index in [2.05, 4.69) is 34.9 Å². The lowest BCUT2D eigenvalue weighted by Crippen LogP contribution is -2.42. The normalized spacial score (nSPS) is 20.2. The molecule has 3 N–H and O–H groups in total. The Hall–Kier alpha value is -2.54. The summed E-state index contributed by atoms with van der Waals surface area (Å²) in [5.74, 6) is 1.78. The molecule has 1 heterocycles. The molecule has 1 aromatic carbocycles. The van der Waals surface area contributed by atoms with Crippen LogP contribution in [0.5, 0.6) is 0 Å². The average Bonchev–Trinajstić information content (AvgIpc) is 2.76. The fourth-order valence-corrected chi connectivity index (χ4v) is 4.91. The molecule has 4 rings (SSSR count). The maximum absolute atomic E-state index is 12.4.